The number of amides is 1. The quantitative estimate of drug-likeness (QED) is 0.759. The van der Waals surface area contributed by atoms with Crippen LogP contribution >= 0.6 is 0 Å². The van der Waals surface area contributed by atoms with Crippen molar-refractivity contribution in [2.45, 2.75) is 51.7 Å². The van der Waals surface area contributed by atoms with E-state index in [4.69, 9.17) is 4.74 Å². The van der Waals surface area contributed by atoms with Crippen LogP contribution in [0.1, 0.15) is 40.0 Å². The molecule has 2 atom stereocenters. The molecule has 0 aromatic carbocycles. The summed E-state index contributed by atoms with van der Waals surface area (Å²) in [5, 5.41) is 6.46. The molecule has 98 valence electrons. The molecule has 2 saturated heterocycles. The van der Waals surface area contributed by atoms with Crippen LogP contribution in [0.15, 0.2) is 0 Å². The molecule has 0 aliphatic carbocycles. The highest BCUT2D eigenvalue weighted by molar-refractivity contribution is 5.83. The zero-order chi connectivity index (χ0) is 12.5. The molecule has 0 spiro atoms. The minimum atomic E-state index is -0.220. The zero-order valence-electron chi connectivity index (χ0n) is 11.1. The fourth-order valence-corrected chi connectivity index (χ4v) is 2.73. The van der Waals surface area contributed by atoms with Crippen LogP contribution < -0.4 is 10.6 Å². The van der Waals surface area contributed by atoms with Crippen LogP contribution in [0.2, 0.25) is 0 Å². The zero-order valence-corrected chi connectivity index (χ0v) is 11.1. The third-order valence-corrected chi connectivity index (χ3v) is 3.95. The largest absolute Gasteiger partial charge is 0.375 e. The minimum Gasteiger partial charge on any atom is -0.375 e. The molecule has 17 heavy (non-hydrogen) atoms. The van der Waals surface area contributed by atoms with E-state index in [9.17, 15) is 4.79 Å². The van der Waals surface area contributed by atoms with E-state index in [0.717, 1.165) is 39.0 Å². The van der Waals surface area contributed by atoms with Crippen molar-refractivity contribution >= 4 is 5.91 Å². The van der Waals surface area contributed by atoms with Crippen molar-refractivity contribution in [3.05, 3.63) is 0 Å². The maximum absolute atomic E-state index is 12.3. The van der Waals surface area contributed by atoms with Crippen LogP contribution in [0.25, 0.3) is 0 Å². The fraction of sp³-hybridized carbons (Fsp3) is 0.923. The third-order valence-electron chi connectivity index (χ3n) is 3.95. The standard InChI is InChI=1S/C13H24N2O2/c1-12(2)8-10(4-7-17-12)15-11(16)13(3)5-6-14-9-13/h10,14H,4-9H2,1-3H3,(H,15,16). The van der Waals surface area contributed by atoms with Crippen LogP contribution in [0.5, 0.6) is 0 Å². The molecule has 2 aliphatic rings. The normalized spacial score (nSPS) is 36.8. The summed E-state index contributed by atoms with van der Waals surface area (Å²) >= 11 is 0. The molecule has 2 heterocycles. The van der Waals surface area contributed by atoms with Gasteiger partial charge in [-0.2, -0.15) is 0 Å². The lowest BCUT2D eigenvalue weighted by Crippen LogP contribution is -2.50. The smallest absolute Gasteiger partial charge is 0.227 e. The van der Waals surface area contributed by atoms with E-state index in [2.05, 4.69) is 24.5 Å². The minimum absolute atomic E-state index is 0.106. The SMILES string of the molecule is CC1(C)CC(NC(=O)C2(C)CCNC2)CCO1. The van der Waals surface area contributed by atoms with Crippen LogP contribution in [0.4, 0.5) is 0 Å². The first-order valence-corrected chi connectivity index (χ1v) is 6.57. The van der Waals surface area contributed by atoms with E-state index in [1.165, 1.54) is 0 Å². The van der Waals surface area contributed by atoms with Crippen LogP contribution in [0.3, 0.4) is 0 Å². The summed E-state index contributed by atoms with van der Waals surface area (Å²) < 4.78 is 5.66. The Balaban J connectivity index is 1.90. The molecule has 2 N–H and O–H groups in total. The van der Waals surface area contributed by atoms with Gasteiger partial charge in [0.1, 0.15) is 0 Å². The lowest BCUT2D eigenvalue weighted by atomic mass is 9.87. The van der Waals surface area contributed by atoms with Gasteiger partial charge < -0.3 is 15.4 Å². The predicted molar refractivity (Wildman–Crippen MR) is 66.8 cm³/mol. The van der Waals surface area contributed by atoms with E-state index < -0.39 is 0 Å². The summed E-state index contributed by atoms with van der Waals surface area (Å²) in [7, 11) is 0. The van der Waals surface area contributed by atoms with E-state index in [1.807, 2.05) is 6.92 Å². The summed E-state index contributed by atoms with van der Waals surface area (Å²) in [4.78, 5) is 12.3. The summed E-state index contributed by atoms with van der Waals surface area (Å²) in [6.45, 7) is 8.71. The molecule has 2 rings (SSSR count). The fourth-order valence-electron chi connectivity index (χ4n) is 2.73. The Kier molecular flexibility index (Phi) is 3.46. The van der Waals surface area contributed by atoms with Crippen molar-refractivity contribution in [3.8, 4) is 0 Å². The molecule has 0 saturated carbocycles. The second-order valence-corrected chi connectivity index (χ2v) is 6.26. The number of hydrogen-bond acceptors (Lipinski definition) is 3. The molecular weight excluding hydrogens is 216 g/mol. The van der Waals surface area contributed by atoms with Gasteiger partial charge in [-0.3, -0.25) is 4.79 Å². The average Bonchev–Trinajstić information content (AvgIpc) is 2.65. The van der Waals surface area contributed by atoms with Gasteiger partial charge in [0.15, 0.2) is 0 Å². The Morgan fingerprint density at radius 1 is 1.41 bits per heavy atom. The monoisotopic (exact) mass is 240 g/mol. The van der Waals surface area contributed by atoms with Crippen LogP contribution in [0, 0.1) is 5.41 Å². The highest BCUT2D eigenvalue weighted by Gasteiger charge is 2.38. The lowest BCUT2D eigenvalue weighted by molar-refractivity contribution is -0.132. The maximum Gasteiger partial charge on any atom is 0.227 e. The number of hydrogen-bond donors (Lipinski definition) is 2. The lowest BCUT2D eigenvalue weighted by Gasteiger charge is -2.37. The molecule has 0 bridgehead atoms. The number of ether oxygens (including phenoxy) is 1. The molecule has 0 radical (unpaired) electrons. The Hall–Kier alpha value is -0.610. The highest BCUT2D eigenvalue weighted by Crippen LogP contribution is 2.27. The number of carbonyl (C=O) groups is 1. The van der Waals surface area contributed by atoms with E-state index in [0.29, 0.717) is 0 Å². The van der Waals surface area contributed by atoms with Crippen LogP contribution in [-0.4, -0.2) is 37.2 Å². The summed E-state index contributed by atoms with van der Waals surface area (Å²) in [6.07, 6.45) is 2.77. The number of rotatable bonds is 2. The van der Waals surface area contributed by atoms with Gasteiger partial charge in [-0.05, 0) is 46.6 Å². The van der Waals surface area contributed by atoms with Crippen molar-refractivity contribution in [3.63, 3.8) is 0 Å². The van der Waals surface area contributed by atoms with Gasteiger partial charge >= 0.3 is 0 Å². The average molecular weight is 240 g/mol. The Labute approximate surface area is 103 Å². The second kappa shape index (κ2) is 4.58. The Bertz CT molecular complexity index is 296. The van der Waals surface area contributed by atoms with Gasteiger partial charge in [-0.1, -0.05) is 0 Å². The molecule has 1 amide bonds. The Morgan fingerprint density at radius 2 is 2.18 bits per heavy atom. The molecule has 2 aliphatic heterocycles. The molecule has 4 nitrogen and oxygen atoms in total. The molecule has 2 fully saturated rings. The first kappa shape index (κ1) is 12.8. The van der Waals surface area contributed by atoms with Crippen molar-refractivity contribution in [1.82, 2.24) is 10.6 Å². The summed E-state index contributed by atoms with van der Waals surface area (Å²) in [5.41, 5.74) is -0.326. The van der Waals surface area contributed by atoms with Crippen molar-refractivity contribution in [2.75, 3.05) is 19.7 Å². The summed E-state index contributed by atoms with van der Waals surface area (Å²) in [5.74, 6) is 0.199. The molecule has 2 unspecified atom stereocenters. The van der Waals surface area contributed by atoms with E-state index >= 15 is 0 Å². The van der Waals surface area contributed by atoms with Gasteiger partial charge in [0.25, 0.3) is 0 Å². The maximum atomic E-state index is 12.3. The topological polar surface area (TPSA) is 50.4 Å². The first-order chi connectivity index (χ1) is 7.91. The predicted octanol–water partition coefficient (Wildman–Crippen LogP) is 1.06. The third kappa shape index (κ3) is 2.99. The first-order valence-electron chi connectivity index (χ1n) is 6.57. The van der Waals surface area contributed by atoms with Gasteiger partial charge in [-0.25, -0.2) is 0 Å². The highest BCUT2D eigenvalue weighted by atomic mass is 16.5. The molecule has 0 aromatic rings. The molecule has 4 heteroatoms. The van der Waals surface area contributed by atoms with Gasteiger partial charge in [0.05, 0.1) is 11.0 Å². The van der Waals surface area contributed by atoms with Crippen molar-refractivity contribution in [1.29, 1.82) is 0 Å². The van der Waals surface area contributed by atoms with Gasteiger partial charge in [0.2, 0.25) is 5.91 Å². The Morgan fingerprint density at radius 3 is 2.76 bits per heavy atom. The van der Waals surface area contributed by atoms with E-state index in [-0.39, 0.29) is 23.0 Å². The van der Waals surface area contributed by atoms with Crippen LogP contribution in [-0.2, 0) is 9.53 Å². The second-order valence-electron chi connectivity index (χ2n) is 6.26. The van der Waals surface area contributed by atoms with Crippen molar-refractivity contribution in [2.24, 2.45) is 5.41 Å². The summed E-state index contributed by atoms with van der Waals surface area (Å²) in [6, 6.07) is 0.267. The van der Waals surface area contributed by atoms with Gasteiger partial charge in [0, 0.05) is 19.2 Å². The number of carbonyl (C=O) groups excluding carboxylic acids is 1. The molecular formula is C13H24N2O2. The van der Waals surface area contributed by atoms with Crippen molar-refractivity contribution < 1.29 is 9.53 Å². The molecule has 0 aromatic heterocycles. The number of nitrogens with one attached hydrogen (secondary N) is 2. The van der Waals surface area contributed by atoms with Gasteiger partial charge in [-0.15, -0.1) is 0 Å². The van der Waals surface area contributed by atoms with E-state index in [1.54, 1.807) is 0 Å².